The third-order valence-electron chi connectivity index (χ3n) is 2.39. The minimum absolute atomic E-state index is 0.289. The van der Waals surface area contributed by atoms with Crippen molar-refractivity contribution in [1.82, 2.24) is 0 Å². The van der Waals surface area contributed by atoms with Gasteiger partial charge in [-0.25, -0.2) is 0 Å². The highest BCUT2D eigenvalue weighted by Crippen LogP contribution is 2.11. The summed E-state index contributed by atoms with van der Waals surface area (Å²) in [5.41, 5.74) is 6.53. The molecule has 1 aromatic carbocycles. The van der Waals surface area contributed by atoms with Crippen LogP contribution in [0.3, 0.4) is 0 Å². The van der Waals surface area contributed by atoms with Gasteiger partial charge in [0.1, 0.15) is 0 Å². The molecule has 0 aliphatic heterocycles. The standard InChI is InChI=1S/C12H19N3/c1-15(10-6-5-9-12(13)14)11-7-3-2-4-8-11/h2-4,7-8H,5-6,9-10H2,1H3,(H3,13,14). The van der Waals surface area contributed by atoms with E-state index >= 15 is 0 Å². The lowest BCUT2D eigenvalue weighted by Gasteiger charge is -2.18. The van der Waals surface area contributed by atoms with Crippen molar-refractivity contribution in [3.05, 3.63) is 30.3 Å². The SMILES string of the molecule is CN(CCCCC(=N)N)c1ccccc1. The number of nitrogens with two attached hydrogens (primary N) is 1. The van der Waals surface area contributed by atoms with Crippen molar-refractivity contribution >= 4 is 11.5 Å². The van der Waals surface area contributed by atoms with Crippen LogP contribution in [0, 0.1) is 5.41 Å². The Kier molecular flexibility index (Phi) is 4.68. The third kappa shape index (κ3) is 4.49. The Morgan fingerprint density at radius 3 is 2.53 bits per heavy atom. The fraction of sp³-hybridized carbons (Fsp3) is 0.417. The Morgan fingerprint density at radius 2 is 1.93 bits per heavy atom. The number of hydrogen-bond donors (Lipinski definition) is 2. The van der Waals surface area contributed by atoms with E-state index in [1.54, 1.807) is 0 Å². The van der Waals surface area contributed by atoms with Crippen LogP contribution in [0.4, 0.5) is 5.69 Å². The van der Waals surface area contributed by atoms with E-state index in [2.05, 4.69) is 24.1 Å². The molecule has 0 radical (unpaired) electrons. The molecule has 0 aliphatic carbocycles. The summed E-state index contributed by atoms with van der Waals surface area (Å²) < 4.78 is 0. The first-order chi connectivity index (χ1) is 7.20. The van der Waals surface area contributed by atoms with Crippen LogP contribution < -0.4 is 10.6 Å². The molecule has 0 saturated heterocycles. The van der Waals surface area contributed by atoms with Gasteiger partial charge in [-0.2, -0.15) is 0 Å². The Hall–Kier alpha value is -1.51. The highest BCUT2D eigenvalue weighted by Gasteiger charge is 1.99. The average molecular weight is 205 g/mol. The number of hydrogen-bond acceptors (Lipinski definition) is 2. The largest absolute Gasteiger partial charge is 0.388 e. The molecule has 3 heteroatoms. The number of benzene rings is 1. The van der Waals surface area contributed by atoms with Gasteiger partial charge in [-0.05, 0) is 25.0 Å². The first kappa shape index (κ1) is 11.6. The Bertz CT molecular complexity index is 295. The minimum Gasteiger partial charge on any atom is -0.388 e. The third-order valence-corrected chi connectivity index (χ3v) is 2.39. The Labute approximate surface area is 91.4 Å². The van der Waals surface area contributed by atoms with Crippen LogP contribution in [0.25, 0.3) is 0 Å². The van der Waals surface area contributed by atoms with Crippen molar-refractivity contribution < 1.29 is 0 Å². The molecule has 82 valence electrons. The quantitative estimate of drug-likeness (QED) is 0.425. The molecule has 0 heterocycles. The minimum atomic E-state index is 0.289. The Balaban J connectivity index is 2.25. The molecule has 1 aromatic rings. The Morgan fingerprint density at radius 1 is 1.27 bits per heavy atom. The maximum Gasteiger partial charge on any atom is 0.0905 e. The molecule has 0 atom stereocenters. The van der Waals surface area contributed by atoms with Gasteiger partial charge in [-0.3, -0.25) is 5.41 Å². The average Bonchev–Trinajstić information content (AvgIpc) is 2.25. The summed E-state index contributed by atoms with van der Waals surface area (Å²) in [5.74, 6) is 0.289. The molecule has 0 fully saturated rings. The predicted octanol–water partition coefficient (Wildman–Crippen LogP) is 2.23. The van der Waals surface area contributed by atoms with Gasteiger partial charge in [0.05, 0.1) is 5.84 Å². The van der Waals surface area contributed by atoms with Crippen molar-refractivity contribution in [2.24, 2.45) is 5.73 Å². The maximum atomic E-state index is 7.11. The molecular weight excluding hydrogens is 186 g/mol. The summed E-state index contributed by atoms with van der Waals surface area (Å²) >= 11 is 0. The van der Waals surface area contributed by atoms with E-state index in [1.165, 1.54) is 5.69 Å². The number of anilines is 1. The van der Waals surface area contributed by atoms with Crippen molar-refractivity contribution in [3.8, 4) is 0 Å². The molecule has 3 N–H and O–H groups in total. The van der Waals surface area contributed by atoms with Crippen LogP contribution >= 0.6 is 0 Å². The van der Waals surface area contributed by atoms with E-state index in [0.717, 1.165) is 19.4 Å². The van der Waals surface area contributed by atoms with Crippen LogP contribution in [-0.4, -0.2) is 19.4 Å². The summed E-state index contributed by atoms with van der Waals surface area (Å²) in [6.07, 6.45) is 2.78. The fourth-order valence-electron chi connectivity index (χ4n) is 1.48. The maximum absolute atomic E-state index is 7.11. The molecule has 0 aliphatic rings. The van der Waals surface area contributed by atoms with E-state index < -0.39 is 0 Å². The molecule has 0 unspecified atom stereocenters. The first-order valence-electron chi connectivity index (χ1n) is 5.29. The van der Waals surface area contributed by atoms with Crippen LogP contribution in [-0.2, 0) is 0 Å². The monoisotopic (exact) mass is 205 g/mol. The molecule has 15 heavy (non-hydrogen) atoms. The van der Waals surface area contributed by atoms with Gasteiger partial charge >= 0.3 is 0 Å². The van der Waals surface area contributed by atoms with Gasteiger partial charge < -0.3 is 10.6 Å². The van der Waals surface area contributed by atoms with Gasteiger partial charge in [0.15, 0.2) is 0 Å². The van der Waals surface area contributed by atoms with Crippen LogP contribution in [0.5, 0.6) is 0 Å². The molecule has 3 nitrogen and oxygen atoms in total. The van der Waals surface area contributed by atoms with Gasteiger partial charge in [-0.1, -0.05) is 18.2 Å². The zero-order chi connectivity index (χ0) is 11.1. The van der Waals surface area contributed by atoms with Crippen molar-refractivity contribution in [2.75, 3.05) is 18.5 Å². The summed E-state index contributed by atoms with van der Waals surface area (Å²) in [4.78, 5) is 2.22. The zero-order valence-corrected chi connectivity index (χ0v) is 9.24. The smallest absolute Gasteiger partial charge is 0.0905 e. The first-order valence-corrected chi connectivity index (χ1v) is 5.29. The normalized spacial score (nSPS) is 9.93. The number of para-hydroxylation sites is 1. The molecule has 0 bridgehead atoms. The molecule has 0 saturated carbocycles. The highest BCUT2D eigenvalue weighted by atomic mass is 15.1. The van der Waals surface area contributed by atoms with Crippen molar-refractivity contribution in [3.63, 3.8) is 0 Å². The number of amidine groups is 1. The van der Waals surface area contributed by atoms with Crippen molar-refractivity contribution in [1.29, 1.82) is 5.41 Å². The molecular formula is C12H19N3. The number of rotatable bonds is 6. The fourth-order valence-corrected chi connectivity index (χ4v) is 1.48. The van der Waals surface area contributed by atoms with E-state index in [9.17, 15) is 0 Å². The van der Waals surface area contributed by atoms with Crippen LogP contribution in [0.1, 0.15) is 19.3 Å². The number of nitrogens with zero attached hydrogens (tertiary/aromatic N) is 1. The van der Waals surface area contributed by atoms with Crippen molar-refractivity contribution in [2.45, 2.75) is 19.3 Å². The lowest BCUT2D eigenvalue weighted by Crippen LogP contribution is -2.19. The zero-order valence-electron chi connectivity index (χ0n) is 9.24. The lowest BCUT2D eigenvalue weighted by atomic mass is 10.2. The van der Waals surface area contributed by atoms with Crippen LogP contribution in [0.15, 0.2) is 30.3 Å². The van der Waals surface area contributed by atoms with Gasteiger partial charge in [-0.15, -0.1) is 0 Å². The van der Waals surface area contributed by atoms with Gasteiger partial charge in [0.2, 0.25) is 0 Å². The second kappa shape index (κ2) is 6.06. The summed E-state index contributed by atoms with van der Waals surface area (Å²) in [6, 6.07) is 10.3. The van der Waals surface area contributed by atoms with E-state index in [4.69, 9.17) is 11.1 Å². The summed E-state index contributed by atoms with van der Waals surface area (Å²) in [5, 5.41) is 7.11. The number of unbranched alkanes of at least 4 members (excludes halogenated alkanes) is 1. The van der Waals surface area contributed by atoms with E-state index in [1.807, 2.05) is 18.2 Å². The molecule has 1 rings (SSSR count). The second-order valence-corrected chi connectivity index (χ2v) is 3.74. The highest BCUT2D eigenvalue weighted by molar-refractivity contribution is 5.76. The summed E-state index contributed by atoms with van der Waals surface area (Å²) in [6.45, 7) is 1.01. The number of nitrogens with one attached hydrogen (secondary N) is 1. The second-order valence-electron chi connectivity index (χ2n) is 3.74. The molecule has 0 aromatic heterocycles. The van der Waals surface area contributed by atoms with Gasteiger partial charge in [0.25, 0.3) is 0 Å². The van der Waals surface area contributed by atoms with Crippen LogP contribution in [0.2, 0.25) is 0 Å². The topological polar surface area (TPSA) is 53.1 Å². The molecule has 0 spiro atoms. The molecule has 0 amide bonds. The van der Waals surface area contributed by atoms with Gasteiger partial charge in [0, 0.05) is 25.7 Å². The summed E-state index contributed by atoms with van der Waals surface area (Å²) in [7, 11) is 2.09. The lowest BCUT2D eigenvalue weighted by molar-refractivity contribution is 0.738. The predicted molar refractivity (Wildman–Crippen MR) is 65.5 cm³/mol. The van der Waals surface area contributed by atoms with E-state index in [-0.39, 0.29) is 5.84 Å². The van der Waals surface area contributed by atoms with E-state index in [0.29, 0.717) is 6.42 Å².